The van der Waals surface area contributed by atoms with Crippen LogP contribution in [0.15, 0.2) is 400 Å². The number of hydrogen-bond donors (Lipinski definition) is 0. The summed E-state index contributed by atoms with van der Waals surface area (Å²) in [7, 11) is -1.88. The summed E-state index contributed by atoms with van der Waals surface area (Å²) in [4.78, 5) is 4.78. The lowest BCUT2D eigenvalue weighted by Gasteiger charge is -2.35. The van der Waals surface area contributed by atoms with Gasteiger partial charge in [0, 0.05) is 45.6 Å². The predicted molar refractivity (Wildman–Crippen MR) is 590 cm³/mol. The summed E-state index contributed by atoms with van der Waals surface area (Å²) in [6.07, 6.45) is 0. The Morgan fingerprint density at radius 1 is 0.201 bits per heavy atom. The second kappa shape index (κ2) is 37.4. The fourth-order valence-electron chi connectivity index (χ4n) is 20.4. The molecule has 22 rings (SSSR count). The summed E-state index contributed by atoms with van der Waals surface area (Å²) < 4.78 is 49.9. The lowest BCUT2D eigenvalue weighted by Crippen LogP contribution is -2.41. The van der Waals surface area contributed by atoms with Gasteiger partial charge in [0.05, 0.1) is 55.6 Å². The lowest BCUT2D eigenvalue weighted by atomic mass is 9.49. The Morgan fingerprint density at radius 3 is 0.705 bits per heavy atom. The number of nitrogens with zero attached hydrogens (tertiary/aromatic N) is 2. The molecular formula is C122H117B4Cl2IN2O8. The number of benzene rings is 16. The van der Waals surface area contributed by atoms with Crippen LogP contribution in [0.3, 0.4) is 0 Å². The molecule has 0 atom stereocenters. The third-order valence-electron chi connectivity index (χ3n) is 30.4. The molecule has 139 heavy (non-hydrogen) atoms. The Balaban J connectivity index is 0.000000159. The Bertz CT molecular complexity index is 6860. The van der Waals surface area contributed by atoms with Crippen molar-refractivity contribution in [3.8, 4) is 66.8 Å². The summed E-state index contributed by atoms with van der Waals surface area (Å²) in [6.45, 7) is 33.0. The monoisotopic (exact) mass is 1980 g/mol. The van der Waals surface area contributed by atoms with Crippen LogP contribution in [0.4, 0.5) is 34.1 Å². The largest absolute Gasteiger partial charge is 0.494 e. The highest BCUT2D eigenvalue weighted by Gasteiger charge is 2.64. The minimum atomic E-state index is -0.554. The normalized spacial score (nSPS) is 17.7. The van der Waals surface area contributed by atoms with E-state index in [1.54, 1.807) is 0 Å². The Labute approximate surface area is 850 Å². The van der Waals surface area contributed by atoms with E-state index in [4.69, 9.17) is 60.4 Å². The van der Waals surface area contributed by atoms with Crippen LogP contribution in [-0.4, -0.2) is 73.1 Å². The van der Waals surface area contributed by atoms with Gasteiger partial charge in [-0.15, -0.1) is 24.0 Å². The van der Waals surface area contributed by atoms with Gasteiger partial charge >= 0.3 is 28.3 Å². The van der Waals surface area contributed by atoms with Gasteiger partial charge in [0.2, 0.25) is 0 Å². The van der Waals surface area contributed by atoms with Crippen LogP contribution < -0.4 is 20.7 Å². The van der Waals surface area contributed by atoms with Crippen LogP contribution in [-0.2, 0) is 48.1 Å². The minimum absolute atomic E-state index is 0. The maximum absolute atomic E-state index is 6.52. The minimum Gasteiger partial charge on any atom is -0.405 e. The standard InChI is InChI=1S/C61H57B2NO4.C49H33Cl2N.C12H24B2O4.HI.H2/c1-57(2)58(3,4)66-62(65-57)48-29-17-21-42(37-48)44-23-19-31-50(39-44)64(51-32-20-24-45(40-51)43-22-18-30-49(38-43)63-67-59(5,6)60(7,8)68-63)52-35-36-54-53-33-15-16-34-55(53)61(56(54)41-52,46-25-11-9-12-26-46)47-27-13-10-14-28-47;50-40-21-9-13-34(29-40)36-15-11-23-42(31-36)52(43-24-12-16-37(32-43)35-14-10-22-41(51)30-35)44-27-28-46-45-25-7-8-26-47(45)49(48(46)33-44,38-17-3-1-4-18-38)39-19-5-2-6-20-39;1-9(2)10(3,4)16-13(15-9)14-17-11(5,6)12(7,8)18-14;;/h9-41H,1-8H3;1-33H;1-8H3;2*1H. The average Bonchev–Trinajstić information content (AvgIpc) is 1.54. The summed E-state index contributed by atoms with van der Waals surface area (Å²) in [5.74, 6) is 0. The fraction of sp³-hybridized carbons (Fsp3) is 0.213. The van der Waals surface area contributed by atoms with E-state index in [2.05, 4.69) is 429 Å². The molecule has 0 saturated carbocycles. The number of fused-ring (bicyclic) bond motifs is 6. The molecule has 6 aliphatic rings. The third kappa shape index (κ3) is 17.7. The van der Waals surface area contributed by atoms with Crippen LogP contribution in [0.2, 0.25) is 10.0 Å². The highest BCUT2D eigenvalue weighted by Crippen LogP contribution is 2.60. The quantitative estimate of drug-likeness (QED) is 0.0650. The molecule has 696 valence electrons. The van der Waals surface area contributed by atoms with Crippen molar-refractivity contribution in [2.75, 3.05) is 9.80 Å². The van der Waals surface area contributed by atoms with Gasteiger partial charge in [-0.3, -0.25) is 0 Å². The molecule has 0 unspecified atom stereocenters. The zero-order valence-corrected chi connectivity index (χ0v) is 85.6. The van der Waals surface area contributed by atoms with Crippen molar-refractivity contribution < 1.29 is 38.7 Å². The van der Waals surface area contributed by atoms with Gasteiger partial charge < -0.3 is 47.0 Å². The molecule has 0 amide bonds. The lowest BCUT2D eigenvalue weighted by molar-refractivity contribution is 0.00578. The Morgan fingerprint density at radius 2 is 0.424 bits per heavy atom. The molecule has 4 heterocycles. The first kappa shape index (κ1) is 96.3. The molecule has 0 bridgehead atoms. The van der Waals surface area contributed by atoms with E-state index in [0.717, 1.165) is 89.6 Å². The third-order valence-corrected chi connectivity index (χ3v) is 30.9. The van der Waals surface area contributed by atoms with E-state index < -0.39 is 61.5 Å². The van der Waals surface area contributed by atoms with Gasteiger partial charge in [-0.1, -0.05) is 327 Å². The molecule has 0 radical (unpaired) electrons. The predicted octanol–water partition coefficient (Wildman–Crippen LogP) is 30.7. The van der Waals surface area contributed by atoms with Gasteiger partial charge in [-0.25, -0.2) is 0 Å². The van der Waals surface area contributed by atoms with E-state index in [1.807, 2.05) is 91.8 Å². The first-order valence-corrected chi connectivity index (χ1v) is 48.7. The Kier molecular flexibility index (Phi) is 25.9. The molecule has 10 nitrogen and oxygen atoms in total. The molecule has 4 saturated heterocycles. The first-order valence-electron chi connectivity index (χ1n) is 48.0. The number of rotatable bonds is 17. The number of halogens is 3. The maximum atomic E-state index is 6.52. The molecule has 0 N–H and O–H groups in total. The second-order valence-electron chi connectivity index (χ2n) is 41.1. The topological polar surface area (TPSA) is 80.3 Å². The molecule has 16 aromatic rings. The van der Waals surface area contributed by atoms with Crippen molar-refractivity contribution >= 4 is 120 Å². The molecule has 4 fully saturated rings. The van der Waals surface area contributed by atoms with Crippen molar-refractivity contribution in [1.29, 1.82) is 0 Å². The molecular weight excluding hydrogens is 1860 g/mol. The summed E-state index contributed by atoms with van der Waals surface area (Å²) in [5.41, 5.74) is 27.7. The number of hydrogen-bond acceptors (Lipinski definition) is 10. The van der Waals surface area contributed by atoms with Crippen LogP contribution >= 0.6 is 47.2 Å². The van der Waals surface area contributed by atoms with Crippen LogP contribution in [0.5, 0.6) is 0 Å². The van der Waals surface area contributed by atoms with E-state index in [9.17, 15) is 0 Å². The zero-order chi connectivity index (χ0) is 96.1. The van der Waals surface area contributed by atoms with E-state index >= 15 is 0 Å². The van der Waals surface area contributed by atoms with E-state index in [0.29, 0.717) is 10.0 Å². The summed E-state index contributed by atoms with van der Waals surface area (Å²) >= 11 is 13.0. The van der Waals surface area contributed by atoms with E-state index in [-0.39, 0.29) is 47.8 Å². The van der Waals surface area contributed by atoms with Gasteiger partial charge in [0.25, 0.3) is 0 Å². The van der Waals surface area contributed by atoms with Crippen LogP contribution in [0, 0.1) is 0 Å². The molecule has 16 aromatic carbocycles. The molecule has 4 aliphatic heterocycles. The SMILES string of the molecule is CC1(C)OB(B2OC(C)(C)C(C)(C)O2)OC1(C)C.CC1(C)OB(c2cccc(-c3cccc(N(c4cccc(-c5cccc(B6OC(C)(C)C(C)(C)O6)c5)c4)c4ccc5c(c4)C(c4ccccc4)(c4ccccc4)c4ccccc4-5)c3)c2)OC1(C)C.Clc1cccc(-c2cccc(N(c3cccc(-c4cccc(Cl)c4)c3)c3ccc4c(c3)C(c3ccccc3)(c3ccccc3)c3ccccc3-4)c2)c1.I.[HH]. The summed E-state index contributed by atoms with van der Waals surface area (Å²) in [6, 6.07) is 144. The van der Waals surface area contributed by atoms with Crippen molar-refractivity contribution in [2.24, 2.45) is 0 Å². The highest BCUT2D eigenvalue weighted by atomic mass is 127. The van der Waals surface area contributed by atoms with Crippen LogP contribution in [0.25, 0.3) is 66.8 Å². The smallest absolute Gasteiger partial charge is 0.405 e. The van der Waals surface area contributed by atoms with Crippen LogP contribution in [0.1, 0.15) is 157 Å². The molecule has 0 spiro atoms. The van der Waals surface area contributed by atoms with Gasteiger partial charge in [-0.2, -0.15) is 0 Å². The zero-order valence-electron chi connectivity index (χ0n) is 81.7. The fourth-order valence-corrected chi connectivity index (χ4v) is 20.7. The Hall–Kier alpha value is -11.6. The highest BCUT2D eigenvalue weighted by molar-refractivity contribution is 14.0. The van der Waals surface area contributed by atoms with E-state index in [1.165, 1.54) is 66.8 Å². The molecule has 17 heteroatoms. The second-order valence-corrected chi connectivity index (χ2v) is 42.0. The van der Waals surface area contributed by atoms with Crippen molar-refractivity contribution in [2.45, 2.75) is 166 Å². The maximum Gasteiger partial charge on any atom is 0.494 e. The van der Waals surface area contributed by atoms with Crippen molar-refractivity contribution in [3.05, 3.63) is 455 Å². The molecule has 2 aliphatic carbocycles. The van der Waals surface area contributed by atoms with Gasteiger partial charge in [-0.05, 0) is 330 Å². The van der Waals surface area contributed by atoms with Crippen molar-refractivity contribution in [1.82, 2.24) is 0 Å². The van der Waals surface area contributed by atoms with Gasteiger partial charge in [0.15, 0.2) is 0 Å². The first-order chi connectivity index (χ1) is 66.1. The van der Waals surface area contributed by atoms with Crippen molar-refractivity contribution in [3.63, 3.8) is 0 Å². The molecule has 0 aromatic heterocycles. The number of anilines is 6. The summed E-state index contributed by atoms with van der Waals surface area (Å²) in [5, 5.41) is 1.43. The average molecular weight is 1980 g/mol. The van der Waals surface area contributed by atoms with Gasteiger partial charge in [0.1, 0.15) is 0 Å².